The van der Waals surface area contributed by atoms with E-state index in [2.05, 4.69) is 41.7 Å². The second-order valence-corrected chi connectivity index (χ2v) is 9.09. The number of hydrogen-bond acceptors (Lipinski definition) is 3. The minimum absolute atomic E-state index is 0.231. The van der Waals surface area contributed by atoms with Crippen LogP contribution < -0.4 is 10.1 Å². The Morgan fingerprint density at radius 3 is 2.62 bits per heavy atom. The first-order valence-corrected chi connectivity index (χ1v) is 10.9. The van der Waals surface area contributed by atoms with Crippen molar-refractivity contribution in [3.63, 3.8) is 0 Å². The van der Waals surface area contributed by atoms with Crippen molar-refractivity contribution in [1.82, 2.24) is 0 Å². The number of anilines is 1. The van der Waals surface area contributed by atoms with Crippen molar-refractivity contribution >= 4 is 40.7 Å². The van der Waals surface area contributed by atoms with Gasteiger partial charge < -0.3 is 10.1 Å². The van der Waals surface area contributed by atoms with Crippen molar-refractivity contribution < 1.29 is 4.74 Å². The molecule has 5 rings (SSSR count). The number of ether oxygens (including phenoxy) is 1. The molecular weight excluding hydrogens is 385 g/mol. The molecule has 1 N–H and O–H groups in total. The maximum Gasteiger partial charge on any atom is 0.119 e. The molecule has 0 aromatic heterocycles. The maximum atomic E-state index is 6.50. The SMILES string of the molecule is Clc1cc(Cl)c2c(c1)[C@@H]1C=CC[C@@H]1[C@H](c1ccc(OC3CSC3)cc1)N2. The number of halogens is 2. The molecule has 2 heterocycles. The van der Waals surface area contributed by atoms with Gasteiger partial charge in [-0.15, -0.1) is 0 Å². The average Bonchev–Trinajstić information content (AvgIpc) is 3.08. The highest BCUT2D eigenvalue weighted by atomic mass is 35.5. The quantitative estimate of drug-likeness (QED) is 0.606. The van der Waals surface area contributed by atoms with Crippen LogP contribution in [0.2, 0.25) is 10.0 Å². The van der Waals surface area contributed by atoms with E-state index < -0.39 is 0 Å². The number of allylic oxidation sites excluding steroid dienone is 2. The van der Waals surface area contributed by atoms with Gasteiger partial charge in [0.05, 0.1) is 16.8 Å². The summed E-state index contributed by atoms with van der Waals surface area (Å²) in [4.78, 5) is 0. The summed E-state index contributed by atoms with van der Waals surface area (Å²) in [5.41, 5.74) is 3.50. The Morgan fingerprint density at radius 2 is 1.88 bits per heavy atom. The fourth-order valence-corrected chi connectivity index (χ4v) is 5.31. The van der Waals surface area contributed by atoms with Gasteiger partial charge in [0.2, 0.25) is 0 Å². The summed E-state index contributed by atoms with van der Waals surface area (Å²) in [6, 6.07) is 12.7. The van der Waals surface area contributed by atoms with Crippen LogP contribution in [0.25, 0.3) is 0 Å². The minimum Gasteiger partial charge on any atom is -0.489 e. The van der Waals surface area contributed by atoms with E-state index in [9.17, 15) is 0 Å². The lowest BCUT2D eigenvalue weighted by Crippen LogP contribution is -2.31. The smallest absolute Gasteiger partial charge is 0.119 e. The van der Waals surface area contributed by atoms with Gasteiger partial charge in [-0.3, -0.25) is 0 Å². The highest BCUT2D eigenvalue weighted by molar-refractivity contribution is 8.00. The van der Waals surface area contributed by atoms with Crippen LogP contribution >= 0.6 is 35.0 Å². The van der Waals surface area contributed by atoms with Gasteiger partial charge in [0.1, 0.15) is 11.9 Å². The van der Waals surface area contributed by atoms with E-state index in [0.29, 0.717) is 28.0 Å². The molecular formula is C21H19Cl2NOS. The van der Waals surface area contributed by atoms with E-state index in [0.717, 1.165) is 29.4 Å². The molecule has 3 aliphatic rings. The molecule has 134 valence electrons. The molecule has 0 unspecified atom stereocenters. The Kier molecular flexibility index (Phi) is 4.35. The summed E-state index contributed by atoms with van der Waals surface area (Å²) in [6.45, 7) is 0. The van der Waals surface area contributed by atoms with Crippen LogP contribution in [-0.2, 0) is 0 Å². The predicted molar refractivity (Wildman–Crippen MR) is 111 cm³/mol. The molecule has 0 saturated carbocycles. The zero-order valence-corrected chi connectivity index (χ0v) is 16.5. The molecule has 26 heavy (non-hydrogen) atoms. The third-order valence-corrected chi connectivity index (χ3v) is 7.27. The molecule has 2 aromatic rings. The van der Waals surface area contributed by atoms with Crippen molar-refractivity contribution in [3.8, 4) is 5.75 Å². The fourth-order valence-electron chi connectivity index (χ4n) is 4.18. The summed E-state index contributed by atoms with van der Waals surface area (Å²) < 4.78 is 5.98. The predicted octanol–water partition coefficient (Wildman–Crippen LogP) is 6.31. The van der Waals surface area contributed by atoms with Gasteiger partial charge in [-0.2, -0.15) is 11.8 Å². The summed E-state index contributed by atoms with van der Waals surface area (Å²) >= 11 is 14.7. The zero-order chi connectivity index (χ0) is 17.7. The number of thioether (sulfide) groups is 1. The van der Waals surface area contributed by atoms with Crippen molar-refractivity contribution in [1.29, 1.82) is 0 Å². The highest BCUT2D eigenvalue weighted by Gasteiger charge is 2.38. The zero-order valence-electron chi connectivity index (χ0n) is 14.1. The molecule has 2 nitrogen and oxygen atoms in total. The van der Waals surface area contributed by atoms with Crippen molar-refractivity contribution in [2.75, 3.05) is 16.8 Å². The molecule has 0 amide bonds. The first-order chi connectivity index (χ1) is 12.7. The highest BCUT2D eigenvalue weighted by Crippen LogP contribution is 2.52. The minimum atomic E-state index is 0.231. The monoisotopic (exact) mass is 403 g/mol. The number of rotatable bonds is 3. The summed E-state index contributed by atoms with van der Waals surface area (Å²) in [5.74, 6) is 3.99. The van der Waals surface area contributed by atoms with E-state index in [1.165, 1.54) is 11.1 Å². The molecule has 0 radical (unpaired) electrons. The molecule has 1 saturated heterocycles. The lowest BCUT2D eigenvalue weighted by atomic mass is 9.77. The van der Waals surface area contributed by atoms with E-state index in [1.54, 1.807) is 0 Å². The van der Waals surface area contributed by atoms with Crippen LogP contribution in [0.4, 0.5) is 5.69 Å². The van der Waals surface area contributed by atoms with E-state index in [1.807, 2.05) is 23.9 Å². The second kappa shape index (κ2) is 6.70. The maximum absolute atomic E-state index is 6.50. The molecule has 1 aliphatic carbocycles. The topological polar surface area (TPSA) is 21.3 Å². The number of fused-ring (bicyclic) bond motifs is 3. The van der Waals surface area contributed by atoms with E-state index in [4.69, 9.17) is 27.9 Å². The van der Waals surface area contributed by atoms with Crippen molar-refractivity contribution in [2.45, 2.75) is 24.5 Å². The van der Waals surface area contributed by atoms with Gasteiger partial charge >= 0.3 is 0 Å². The Morgan fingerprint density at radius 1 is 1.08 bits per heavy atom. The Bertz CT molecular complexity index is 863. The normalized spacial score (nSPS) is 26.6. The average molecular weight is 404 g/mol. The van der Waals surface area contributed by atoms with Crippen LogP contribution in [0.3, 0.4) is 0 Å². The molecule has 2 aliphatic heterocycles. The molecule has 1 fully saturated rings. The lowest BCUT2D eigenvalue weighted by molar-refractivity contribution is 0.240. The third kappa shape index (κ3) is 2.90. The lowest BCUT2D eigenvalue weighted by Gasteiger charge is -2.38. The van der Waals surface area contributed by atoms with Crippen molar-refractivity contribution in [2.24, 2.45) is 5.92 Å². The molecule has 0 spiro atoms. The van der Waals surface area contributed by atoms with Gasteiger partial charge in [-0.25, -0.2) is 0 Å². The summed E-state index contributed by atoms with van der Waals surface area (Å²) in [5, 5.41) is 5.08. The standard InChI is InChI=1S/C21H19Cl2NOS/c22-13-8-18-16-2-1-3-17(16)20(24-21(18)19(23)9-13)12-4-6-14(7-5-12)25-15-10-26-11-15/h1-2,4-9,15-17,20,24H,3,10-11H2/t16-,17+,20+/m1/s1. The largest absolute Gasteiger partial charge is 0.489 e. The Labute approximate surface area is 167 Å². The number of nitrogens with one attached hydrogen (secondary N) is 1. The van der Waals surface area contributed by atoms with Gasteiger partial charge in [0, 0.05) is 22.4 Å². The van der Waals surface area contributed by atoms with Crippen LogP contribution in [0.1, 0.15) is 29.5 Å². The van der Waals surface area contributed by atoms with E-state index >= 15 is 0 Å². The molecule has 5 heteroatoms. The van der Waals surface area contributed by atoms with Gasteiger partial charge in [0.25, 0.3) is 0 Å². The Hall–Kier alpha value is -1.29. The number of benzene rings is 2. The first kappa shape index (κ1) is 16.9. The number of hydrogen-bond donors (Lipinski definition) is 1. The van der Waals surface area contributed by atoms with Crippen molar-refractivity contribution in [3.05, 3.63) is 69.7 Å². The summed E-state index contributed by atoms with van der Waals surface area (Å²) in [6.07, 6.45) is 6.01. The van der Waals surface area contributed by atoms with Gasteiger partial charge in [-0.1, -0.05) is 47.5 Å². The van der Waals surface area contributed by atoms with Crippen LogP contribution in [-0.4, -0.2) is 17.6 Å². The first-order valence-electron chi connectivity index (χ1n) is 8.95. The van der Waals surface area contributed by atoms with Gasteiger partial charge in [-0.05, 0) is 47.7 Å². The molecule has 0 bridgehead atoms. The van der Waals surface area contributed by atoms with Crippen LogP contribution in [0.5, 0.6) is 5.75 Å². The van der Waals surface area contributed by atoms with E-state index in [-0.39, 0.29) is 6.04 Å². The molecule has 3 atom stereocenters. The second-order valence-electron chi connectivity index (χ2n) is 7.17. The fraction of sp³-hybridized carbons (Fsp3) is 0.333. The molecule has 2 aromatic carbocycles. The summed E-state index contributed by atoms with van der Waals surface area (Å²) in [7, 11) is 0. The van der Waals surface area contributed by atoms with Crippen LogP contribution in [0.15, 0.2) is 48.6 Å². The third-order valence-electron chi connectivity index (χ3n) is 5.54. The Balaban J connectivity index is 1.45. The van der Waals surface area contributed by atoms with Gasteiger partial charge in [0.15, 0.2) is 0 Å². The van der Waals surface area contributed by atoms with Crippen LogP contribution in [0, 0.1) is 5.92 Å².